The van der Waals surface area contributed by atoms with Crippen molar-refractivity contribution >= 4 is 56.9 Å². The third-order valence-electron chi connectivity index (χ3n) is 7.19. The van der Waals surface area contributed by atoms with Gasteiger partial charge in [0.2, 0.25) is 5.91 Å². The quantitative estimate of drug-likeness (QED) is 0.548. The summed E-state index contributed by atoms with van der Waals surface area (Å²) in [7, 11) is 2.11. The van der Waals surface area contributed by atoms with Crippen LogP contribution in [0.5, 0.6) is 0 Å². The van der Waals surface area contributed by atoms with Crippen LogP contribution in [-0.4, -0.2) is 40.5 Å². The Bertz CT molecular complexity index is 779. The number of hydrogen-bond acceptors (Lipinski definition) is 3. The van der Waals surface area contributed by atoms with Crippen LogP contribution in [0.25, 0.3) is 0 Å². The number of amides is 1. The molecule has 0 spiro atoms. The molecule has 1 atom stereocenters. The summed E-state index contributed by atoms with van der Waals surface area (Å²) in [5, 5.41) is 1.13. The third kappa shape index (κ3) is 3.97. The summed E-state index contributed by atoms with van der Waals surface area (Å²) in [6, 6.07) is 8.02. The molecule has 1 heterocycles. The number of amidine groups is 1. The largest absolute Gasteiger partial charge is 0.333 e. The highest BCUT2D eigenvalue weighted by Gasteiger charge is 2.51. The molecule has 1 amide bonds. The fraction of sp³-hybridized carbons (Fsp3) is 0.636. The lowest BCUT2D eigenvalue weighted by Gasteiger charge is -2.55. The minimum atomic E-state index is 0. The van der Waals surface area contributed by atoms with Gasteiger partial charge in [0.15, 0.2) is 5.17 Å². The molecule has 7 heteroatoms. The minimum absolute atomic E-state index is 0. The van der Waals surface area contributed by atoms with Crippen molar-refractivity contribution in [2.45, 2.75) is 57.2 Å². The van der Waals surface area contributed by atoms with Crippen LogP contribution in [0.15, 0.2) is 33.7 Å². The number of thioether (sulfide) groups is 1. The molecule has 4 aliphatic carbocycles. The number of nitrogens with zero attached hydrogens (tertiary/aromatic N) is 3. The highest BCUT2D eigenvalue weighted by atomic mass is 79.9. The molecule has 1 aromatic carbocycles. The molecule has 1 aromatic rings. The van der Waals surface area contributed by atoms with Gasteiger partial charge in [-0.25, -0.2) is 0 Å². The van der Waals surface area contributed by atoms with E-state index in [0.29, 0.717) is 0 Å². The van der Waals surface area contributed by atoms with Crippen molar-refractivity contribution in [1.29, 1.82) is 0 Å². The molecular formula is C22H29BrClN3OS. The second-order valence-electron chi connectivity index (χ2n) is 9.30. The van der Waals surface area contributed by atoms with Gasteiger partial charge in [0.1, 0.15) is 6.17 Å². The summed E-state index contributed by atoms with van der Waals surface area (Å²) in [6.45, 7) is 1.66. The van der Waals surface area contributed by atoms with E-state index in [0.717, 1.165) is 38.8 Å². The van der Waals surface area contributed by atoms with Crippen molar-refractivity contribution in [3.63, 3.8) is 0 Å². The van der Waals surface area contributed by atoms with Crippen molar-refractivity contribution in [2.24, 2.45) is 22.7 Å². The van der Waals surface area contributed by atoms with Crippen LogP contribution in [0.3, 0.4) is 0 Å². The van der Waals surface area contributed by atoms with Crippen LogP contribution >= 0.6 is 40.1 Å². The van der Waals surface area contributed by atoms with Gasteiger partial charge in [-0.2, -0.15) is 0 Å². The van der Waals surface area contributed by atoms with Gasteiger partial charge in [0, 0.05) is 29.9 Å². The average molecular weight is 499 g/mol. The van der Waals surface area contributed by atoms with E-state index >= 15 is 0 Å². The zero-order chi connectivity index (χ0) is 19.5. The number of hydrogen-bond donors (Lipinski definition) is 0. The Hall–Kier alpha value is -0.720. The number of rotatable bonds is 3. The summed E-state index contributed by atoms with van der Waals surface area (Å²) in [6.07, 6.45) is 8.20. The molecule has 0 radical (unpaired) electrons. The topological polar surface area (TPSA) is 35.9 Å². The molecule has 1 saturated heterocycles. The molecule has 0 N–H and O–H groups in total. The first-order valence-corrected chi connectivity index (χ1v) is 12.2. The van der Waals surface area contributed by atoms with Gasteiger partial charge in [-0.15, -0.1) is 12.4 Å². The summed E-state index contributed by atoms with van der Waals surface area (Å²) >= 11 is 5.31. The maximum atomic E-state index is 12.5. The Kier molecular flexibility index (Phi) is 6.00. The Balaban J connectivity index is 0.00000205. The molecule has 4 nitrogen and oxygen atoms in total. The lowest BCUT2D eigenvalue weighted by Crippen LogP contribution is -2.51. The van der Waals surface area contributed by atoms with E-state index in [2.05, 4.69) is 27.9 Å². The lowest BCUT2D eigenvalue weighted by atomic mass is 9.53. The lowest BCUT2D eigenvalue weighted by molar-refractivity contribution is -0.117. The third-order valence-corrected chi connectivity index (χ3v) is 8.82. The molecule has 29 heavy (non-hydrogen) atoms. The Morgan fingerprint density at radius 2 is 1.69 bits per heavy atom. The van der Waals surface area contributed by atoms with E-state index in [-0.39, 0.29) is 30.0 Å². The standard InChI is InChI=1S/C22H28BrN3OS.ClH/c1-14(27)26(19-5-3-18(23)4-6-19)20-13-28-21(25(20)2)24-22-10-15-7-16(11-22)9-17(8-15)12-22;/h3-6,15-17,20H,7-13H2,1-2H3;1H. The van der Waals surface area contributed by atoms with Gasteiger partial charge in [-0.3, -0.25) is 14.7 Å². The molecule has 1 aliphatic heterocycles. The highest BCUT2D eigenvalue weighted by molar-refractivity contribution is 9.10. The van der Waals surface area contributed by atoms with Crippen LogP contribution in [0.1, 0.15) is 45.4 Å². The van der Waals surface area contributed by atoms with Crippen LogP contribution in [0.4, 0.5) is 5.69 Å². The van der Waals surface area contributed by atoms with E-state index in [1.165, 1.54) is 38.5 Å². The first kappa shape index (κ1) is 21.5. The maximum Gasteiger partial charge on any atom is 0.225 e. The monoisotopic (exact) mass is 497 g/mol. The van der Waals surface area contributed by atoms with Crippen LogP contribution in [-0.2, 0) is 4.79 Å². The molecule has 4 saturated carbocycles. The van der Waals surface area contributed by atoms with Gasteiger partial charge in [0.25, 0.3) is 0 Å². The summed E-state index contributed by atoms with van der Waals surface area (Å²) < 4.78 is 1.03. The van der Waals surface area contributed by atoms with Gasteiger partial charge >= 0.3 is 0 Å². The predicted molar refractivity (Wildman–Crippen MR) is 127 cm³/mol. The number of carbonyl (C=O) groups excluding carboxylic acids is 1. The smallest absolute Gasteiger partial charge is 0.225 e. The normalized spacial score (nSPS) is 36.4. The van der Waals surface area contributed by atoms with Crippen molar-refractivity contribution in [3.8, 4) is 0 Å². The number of halogens is 2. The van der Waals surface area contributed by atoms with Crippen molar-refractivity contribution in [1.82, 2.24) is 4.90 Å². The first-order valence-electron chi connectivity index (χ1n) is 10.4. The highest BCUT2D eigenvalue weighted by Crippen LogP contribution is 2.57. The Labute approximate surface area is 192 Å². The molecule has 0 aromatic heterocycles. The molecule has 5 fully saturated rings. The Morgan fingerprint density at radius 1 is 1.14 bits per heavy atom. The van der Waals surface area contributed by atoms with Crippen LogP contribution in [0.2, 0.25) is 0 Å². The fourth-order valence-corrected chi connectivity index (χ4v) is 7.94. The first-order chi connectivity index (χ1) is 13.4. The number of aliphatic imine (C=N–C) groups is 1. The SMILES string of the molecule is CC(=O)N(c1ccc(Br)cc1)C1CSC(=NC23CC4CC(CC(C4)C2)C3)N1C.Cl. The van der Waals surface area contributed by atoms with Gasteiger partial charge in [0.05, 0.1) is 5.54 Å². The molecule has 6 rings (SSSR count). The van der Waals surface area contributed by atoms with Crippen molar-refractivity contribution in [2.75, 3.05) is 17.7 Å². The second-order valence-corrected chi connectivity index (χ2v) is 11.2. The number of benzene rings is 1. The molecule has 158 valence electrons. The second kappa shape index (κ2) is 8.08. The summed E-state index contributed by atoms with van der Waals surface area (Å²) in [5.74, 6) is 3.66. The fourth-order valence-electron chi connectivity index (χ4n) is 6.42. The van der Waals surface area contributed by atoms with Crippen molar-refractivity contribution < 1.29 is 4.79 Å². The summed E-state index contributed by atoms with van der Waals surface area (Å²) in [4.78, 5) is 22.1. The van der Waals surface area contributed by atoms with Gasteiger partial charge in [-0.05, 0) is 80.5 Å². The number of anilines is 1. The van der Waals surface area contributed by atoms with Crippen LogP contribution < -0.4 is 4.90 Å². The van der Waals surface area contributed by atoms with E-state index in [1.54, 1.807) is 6.92 Å². The molecular weight excluding hydrogens is 470 g/mol. The molecule has 1 unspecified atom stereocenters. The van der Waals surface area contributed by atoms with E-state index in [1.807, 2.05) is 40.9 Å². The summed E-state index contributed by atoms with van der Waals surface area (Å²) in [5.41, 5.74) is 1.13. The zero-order valence-corrected chi connectivity index (χ0v) is 20.2. The zero-order valence-electron chi connectivity index (χ0n) is 17.0. The van der Waals surface area contributed by atoms with E-state index in [4.69, 9.17) is 4.99 Å². The van der Waals surface area contributed by atoms with Gasteiger partial charge in [-0.1, -0.05) is 27.7 Å². The Morgan fingerprint density at radius 3 is 2.21 bits per heavy atom. The van der Waals surface area contributed by atoms with E-state index < -0.39 is 0 Å². The van der Waals surface area contributed by atoms with Gasteiger partial charge < -0.3 is 4.90 Å². The van der Waals surface area contributed by atoms with Crippen molar-refractivity contribution in [3.05, 3.63) is 28.7 Å². The molecule has 4 bridgehead atoms. The minimum Gasteiger partial charge on any atom is -0.333 e. The van der Waals surface area contributed by atoms with E-state index in [9.17, 15) is 4.79 Å². The average Bonchev–Trinajstić information content (AvgIpc) is 2.95. The predicted octanol–water partition coefficient (Wildman–Crippen LogP) is 5.55. The maximum absolute atomic E-state index is 12.5. The number of carbonyl (C=O) groups is 1. The molecule has 5 aliphatic rings. The van der Waals surface area contributed by atoms with Crippen LogP contribution in [0, 0.1) is 17.8 Å².